The van der Waals surface area contributed by atoms with Gasteiger partial charge in [-0.05, 0) is 30.5 Å². The normalized spacial score (nSPS) is 14.8. The molecule has 114 valence electrons. The quantitative estimate of drug-likeness (QED) is 0.778. The minimum absolute atomic E-state index is 0.717. The maximum Gasteiger partial charge on any atom is 0.155 e. The summed E-state index contributed by atoms with van der Waals surface area (Å²) < 4.78 is 0. The second kappa shape index (κ2) is 7.64. The van der Waals surface area contributed by atoms with Crippen molar-refractivity contribution in [3.05, 3.63) is 66.2 Å². The van der Waals surface area contributed by atoms with E-state index in [1.807, 2.05) is 41.5 Å². The Bertz CT molecular complexity index is 554. The molecule has 0 atom stereocenters. The van der Waals surface area contributed by atoms with E-state index in [9.17, 15) is 0 Å². The first-order valence-corrected chi connectivity index (χ1v) is 7.99. The molecule has 0 aromatic heterocycles. The number of aliphatic imine (C=N–C) groups is 1. The van der Waals surface area contributed by atoms with E-state index in [-0.39, 0.29) is 0 Å². The van der Waals surface area contributed by atoms with Crippen LogP contribution in [0.4, 0.5) is 0 Å². The molecule has 0 amide bonds. The Kier molecular flexibility index (Phi) is 5.09. The first-order valence-electron chi connectivity index (χ1n) is 7.99. The summed E-state index contributed by atoms with van der Waals surface area (Å²) >= 11 is 0. The number of rotatable bonds is 4. The second-order valence-electron chi connectivity index (χ2n) is 5.54. The summed E-state index contributed by atoms with van der Waals surface area (Å²) in [5.41, 5.74) is 1.23. The SMILES string of the molecule is c1ccc(CN(Oc2ccccc2)C2=NCCCCC2)cc1. The molecule has 0 N–H and O–H groups in total. The first kappa shape index (κ1) is 14.6. The first-order chi connectivity index (χ1) is 10.9. The fourth-order valence-corrected chi connectivity index (χ4v) is 2.60. The van der Waals surface area contributed by atoms with Gasteiger partial charge < -0.3 is 4.84 Å². The summed E-state index contributed by atoms with van der Waals surface area (Å²) in [5.74, 6) is 1.91. The molecule has 1 aliphatic heterocycles. The zero-order valence-electron chi connectivity index (χ0n) is 12.8. The van der Waals surface area contributed by atoms with E-state index in [1.165, 1.54) is 24.8 Å². The number of hydrogen-bond acceptors (Lipinski definition) is 3. The third kappa shape index (κ3) is 4.10. The van der Waals surface area contributed by atoms with Gasteiger partial charge in [-0.2, -0.15) is 5.06 Å². The van der Waals surface area contributed by atoms with E-state index < -0.39 is 0 Å². The molecular formula is C19H22N2O. The summed E-state index contributed by atoms with van der Waals surface area (Å²) in [6, 6.07) is 20.3. The van der Waals surface area contributed by atoms with Gasteiger partial charge in [0.2, 0.25) is 0 Å². The van der Waals surface area contributed by atoms with E-state index in [4.69, 9.17) is 9.83 Å². The molecule has 3 nitrogen and oxygen atoms in total. The number of amidine groups is 1. The predicted octanol–water partition coefficient (Wildman–Crippen LogP) is 4.46. The lowest BCUT2D eigenvalue weighted by molar-refractivity contribution is 0.00790. The van der Waals surface area contributed by atoms with Crippen molar-refractivity contribution in [2.24, 2.45) is 4.99 Å². The Morgan fingerprint density at radius 3 is 2.36 bits per heavy atom. The molecule has 0 unspecified atom stereocenters. The Hall–Kier alpha value is -2.29. The van der Waals surface area contributed by atoms with Gasteiger partial charge in [-0.3, -0.25) is 4.99 Å². The predicted molar refractivity (Wildman–Crippen MR) is 89.8 cm³/mol. The Morgan fingerprint density at radius 2 is 1.59 bits per heavy atom. The highest BCUT2D eigenvalue weighted by Crippen LogP contribution is 2.17. The highest BCUT2D eigenvalue weighted by Gasteiger charge is 2.16. The maximum absolute atomic E-state index is 6.12. The van der Waals surface area contributed by atoms with Gasteiger partial charge in [-0.25, -0.2) is 0 Å². The van der Waals surface area contributed by atoms with E-state index in [0.29, 0.717) is 6.54 Å². The molecule has 22 heavy (non-hydrogen) atoms. The van der Waals surface area contributed by atoms with Gasteiger partial charge in [0.05, 0.1) is 6.54 Å². The molecule has 0 spiro atoms. The van der Waals surface area contributed by atoms with Gasteiger partial charge >= 0.3 is 0 Å². The zero-order valence-corrected chi connectivity index (χ0v) is 12.8. The third-order valence-electron chi connectivity index (χ3n) is 3.77. The van der Waals surface area contributed by atoms with Crippen molar-refractivity contribution in [3.8, 4) is 5.75 Å². The fraction of sp³-hybridized carbons (Fsp3) is 0.316. The lowest BCUT2D eigenvalue weighted by Crippen LogP contribution is -2.33. The average molecular weight is 294 g/mol. The molecule has 0 radical (unpaired) electrons. The van der Waals surface area contributed by atoms with Crippen LogP contribution in [0, 0.1) is 0 Å². The molecule has 1 heterocycles. The van der Waals surface area contributed by atoms with Gasteiger partial charge in [0.25, 0.3) is 0 Å². The van der Waals surface area contributed by atoms with E-state index >= 15 is 0 Å². The van der Waals surface area contributed by atoms with Gasteiger partial charge in [0.15, 0.2) is 5.75 Å². The average Bonchev–Trinajstić information content (AvgIpc) is 2.85. The monoisotopic (exact) mass is 294 g/mol. The molecule has 0 saturated heterocycles. The number of para-hydroxylation sites is 1. The van der Waals surface area contributed by atoms with Crippen molar-refractivity contribution in [1.82, 2.24) is 5.06 Å². The molecule has 3 rings (SSSR count). The van der Waals surface area contributed by atoms with Crippen molar-refractivity contribution < 1.29 is 4.84 Å². The van der Waals surface area contributed by atoms with Crippen molar-refractivity contribution in [1.29, 1.82) is 0 Å². The van der Waals surface area contributed by atoms with Crippen LogP contribution in [0.15, 0.2) is 65.7 Å². The lowest BCUT2D eigenvalue weighted by Gasteiger charge is -2.25. The highest BCUT2D eigenvalue weighted by atomic mass is 16.7. The molecule has 3 heteroatoms. The van der Waals surface area contributed by atoms with Crippen LogP contribution in [0.5, 0.6) is 5.75 Å². The van der Waals surface area contributed by atoms with Crippen LogP contribution in [0.1, 0.15) is 31.2 Å². The lowest BCUT2D eigenvalue weighted by atomic mass is 10.2. The van der Waals surface area contributed by atoms with Gasteiger partial charge in [-0.15, -0.1) is 0 Å². The molecule has 0 bridgehead atoms. The van der Waals surface area contributed by atoms with Crippen LogP contribution in [0.3, 0.4) is 0 Å². The number of nitrogens with zero attached hydrogens (tertiary/aromatic N) is 2. The Balaban J connectivity index is 1.79. The largest absolute Gasteiger partial charge is 0.378 e. The van der Waals surface area contributed by atoms with Crippen LogP contribution in [0.2, 0.25) is 0 Å². The van der Waals surface area contributed by atoms with Crippen molar-refractivity contribution in [2.75, 3.05) is 6.54 Å². The minimum Gasteiger partial charge on any atom is -0.378 e. The molecule has 0 aliphatic carbocycles. The van der Waals surface area contributed by atoms with Crippen LogP contribution >= 0.6 is 0 Å². The minimum atomic E-state index is 0.717. The van der Waals surface area contributed by atoms with E-state index in [2.05, 4.69) is 24.3 Å². The van der Waals surface area contributed by atoms with E-state index in [1.54, 1.807) is 0 Å². The summed E-state index contributed by atoms with van der Waals surface area (Å²) in [5, 5.41) is 1.95. The third-order valence-corrected chi connectivity index (χ3v) is 3.77. The summed E-state index contributed by atoms with van der Waals surface area (Å²) in [6.45, 7) is 1.62. The van der Waals surface area contributed by atoms with Gasteiger partial charge in [0, 0.05) is 13.0 Å². The Morgan fingerprint density at radius 1 is 0.864 bits per heavy atom. The number of benzene rings is 2. The van der Waals surface area contributed by atoms with Crippen LogP contribution in [-0.4, -0.2) is 17.4 Å². The van der Waals surface area contributed by atoms with Crippen molar-refractivity contribution in [3.63, 3.8) is 0 Å². The van der Waals surface area contributed by atoms with E-state index in [0.717, 1.165) is 24.6 Å². The van der Waals surface area contributed by atoms with Crippen LogP contribution < -0.4 is 4.84 Å². The fourth-order valence-electron chi connectivity index (χ4n) is 2.60. The zero-order chi connectivity index (χ0) is 15.0. The van der Waals surface area contributed by atoms with Crippen molar-refractivity contribution >= 4 is 5.84 Å². The molecule has 2 aromatic carbocycles. The highest BCUT2D eigenvalue weighted by molar-refractivity contribution is 5.81. The van der Waals surface area contributed by atoms with Crippen LogP contribution in [-0.2, 0) is 6.54 Å². The second-order valence-corrected chi connectivity index (χ2v) is 5.54. The molecule has 0 fully saturated rings. The van der Waals surface area contributed by atoms with Crippen molar-refractivity contribution in [2.45, 2.75) is 32.2 Å². The van der Waals surface area contributed by atoms with Crippen LogP contribution in [0.25, 0.3) is 0 Å². The maximum atomic E-state index is 6.12. The smallest absolute Gasteiger partial charge is 0.155 e. The molecule has 0 saturated carbocycles. The topological polar surface area (TPSA) is 24.8 Å². The number of hydrogen-bond donors (Lipinski definition) is 0. The molecular weight excluding hydrogens is 272 g/mol. The molecule has 2 aromatic rings. The number of hydroxylamine groups is 2. The summed E-state index contributed by atoms with van der Waals surface area (Å²) in [7, 11) is 0. The van der Waals surface area contributed by atoms with Gasteiger partial charge in [-0.1, -0.05) is 55.0 Å². The Labute approximate surface area is 132 Å². The standard InChI is InChI=1S/C19H22N2O/c1-4-10-17(11-5-1)16-21(19-14-8-3-9-15-20-19)22-18-12-6-2-7-13-18/h1-2,4-7,10-13H,3,8-9,14-16H2. The van der Waals surface area contributed by atoms with Gasteiger partial charge in [0.1, 0.15) is 5.84 Å². The molecule has 1 aliphatic rings. The summed E-state index contributed by atoms with van der Waals surface area (Å²) in [6.07, 6.45) is 4.59. The summed E-state index contributed by atoms with van der Waals surface area (Å²) in [4.78, 5) is 10.8.